The van der Waals surface area contributed by atoms with Crippen LogP contribution in [0.5, 0.6) is 17.2 Å². The van der Waals surface area contributed by atoms with Gasteiger partial charge in [0.2, 0.25) is 6.10 Å². The number of phenolic OH excluding ortho intramolecular Hbond substituents is 1. The van der Waals surface area contributed by atoms with Crippen molar-refractivity contribution in [2.24, 2.45) is 0 Å². The van der Waals surface area contributed by atoms with Gasteiger partial charge in [-0.2, -0.15) is 0 Å². The van der Waals surface area contributed by atoms with Crippen LogP contribution < -0.4 is 15.1 Å². The minimum absolute atomic E-state index is 0.108. The third-order valence-corrected chi connectivity index (χ3v) is 3.94. The molecule has 0 saturated carbocycles. The fraction of sp³-hybridized carbons (Fsp3) is 0.294. The predicted molar refractivity (Wildman–Crippen MR) is 82.6 cm³/mol. The molecule has 0 aliphatic carbocycles. The number of fused-ring (bicyclic) bond motifs is 1. The third-order valence-electron chi connectivity index (χ3n) is 3.94. The normalized spacial score (nSPS) is 18.6. The topological polar surface area (TPSA) is 95.2 Å². The first-order valence-electron chi connectivity index (χ1n) is 7.22. The largest absolute Gasteiger partial charge is 0.504 e. The molecular formula is C17H16O7. The van der Waals surface area contributed by atoms with E-state index in [-0.39, 0.29) is 22.8 Å². The maximum atomic E-state index is 12.3. The quantitative estimate of drug-likeness (QED) is 0.855. The van der Waals surface area contributed by atoms with E-state index in [1.807, 2.05) is 0 Å². The van der Waals surface area contributed by atoms with Gasteiger partial charge in [0.1, 0.15) is 11.5 Å². The lowest BCUT2D eigenvalue weighted by Crippen LogP contribution is -2.31. The first kappa shape index (κ1) is 15.9. The van der Waals surface area contributed by atoms with E-state index in [9.17, 15) is 14.7 Å². The molecule has 1 aliphatic rings. The molecule has 0 amide bonds. The van der Waals surface area contributed by atoms with Crippen molar-refractivity contribution in [2.45, 2.75) is 18.9 Å². The molecule has 0 radical (unpaired) electrons. The van der Waals surface area contributed by atoms with Crippen LogP contribution >= 0.6 is 0 Å². The average molecular weight is 332 g/mol. The van der Waals surface area contributed by atoms with Crippen molar-refractivity contribution in [3.05, 3.63) is 51.6 Å². The van der Waals surface area contributed by atoms with Gasteiger partial charge in [0, 0.05) is 6.07 Å². The molecule has 7 heteroatoms. The first-order chi connectivity index (χ1) is 11.5. The van der Waals surface area contributed by atoms with Gasteiger partial charge in [-0.25, -0.2) is 9.59 Å². The minimum Gasteiger partial charge on any atom is -0.504 e. The lowest BCUT2D eigenvalue weighted by molar-refractivity contribution is -0.148. The zero-order valence-electron chi connectivity index (χ0n) is 13.4. The van der Waals surface area contributed by atoms with Crippen LogP contribution in [-0.2, 0) is 9.53 Å². The van der Waals surface area contributed by atoms with E-state index in [0.29, 0.717) is 11.3 Å². The van der Waals surface area contributed by atoms with Crippen molar-refractivity contribution in [2.75, 3.05) is 14.2 Å². The summed E-state index contributed by atoms with van der Waals surface area (Å²) < 4.78 is 20.6. The summed E-state index contributed by atoms with van der Waals surface area (Å²) >= 11 is 0. The number of hydrogen-bond donors (Lipinski definition) is 1. The van der Waals surface area contributed by atoms with Crippen LogP contribution in [0.1, 0.15) is 22.8 Å². The number of esters is 1. The molecular weight excluding hydrogens is 316 g/mol. The molecule has 1 aromatic carbocycles. The molecule has 2 atom stereocenters. The van der Waals surface area contributed by atoms with Gasteiger partial charge < -0.3 is 23.7 Å². The van der Waals surface area contributed by atoms with Crippen molar-refractivity contribution in [3.63, 3.8) is 0 Å². The summed E-state index contributed by atoms with van der Waals surface area (Å²) in [6.07, 6.45) is -1.04. The third kappa shape index (κ3) is 2.47. The van der Waals surface area contributed by atoms with Crippen LogP contribution in [0.25, 0.3) is 0 Å². The second-order valence-corrected chi connectivity index (χ2v) is 5.39. The summed E-state index contributed by atoms with van der Waals surface area (Å²) in [4.78, 5) is 24.4. The first-order valence-corrected chi connectivity index (χ1v) is 7.22. The second-order valence-electron chi connectivity index (χ2n) is 5.39. The number of ether oxygens (including phenoxy) is 3. The molecule has 2 aromatic rings. The predicted octanol–water partition coefficient (Wildman–Crippen LogP) is 1.73. The highest BCUT2D eigenvalue weighted by Crippen LogP contribution is 2.43. The van der Waals surface area contributed by atoms with Crippen LogP contribution in [0.15, 0.2) is 33.5 Å². The van der Waals surface area contributed by atoms with Crippen molar-refractivity contribution in [3.8, 4) is 17.2 Å². The van der Waals surface area contributed by atoms with E-state index in [1.54, 1.807) is 25.1 Å². The highest BCUT2D eigenvalue weighted by atomic mass is 16.6. The van der Waals surface area contributed by atoms with Gasteiger partial charge >= 0.3 is 11.6 Å². The maximum absolute atomic E-state index is 12.3. The Morgan fingerprint density at radius 3 is 2.62 bits per heavy atom. The van der Waals surface area contributed by atoms with Crippen LogP contribution in [0.4, 0.5) is 0 Å². The number of aromatic hydroxyl groups is 1. The van der Waals surface area contributed by atoms with Crippen molar-refractivity contribution < 1.29 is 28.5 Å². The Labute approximate surface area is 137 Å². The van der Waals surface area contributed by atoms with Gasteiger partial charge in [-0.3, -0.25) is 0 Å². The molecule has 0 spiro atoms. The van der Waals surface area contributed by atoms with Crippen LogP contribution in [-0.4, -0.2) is 31.4 Å². The molecule has 2 heterocycles. The van der Waals surface area contributed by atoms with E-state index < -0.39 is 23.6 Å². The van der Waals surface area contributed by atoms with Crippen LogP contribution in [0.2, 0.25) is 0 Å². The number of benzene rings is 1. The molecule has 24 heavy (non-hydrogen) atoms. The van der Waals surface area contributed by atoms with Gasteiger partial charge in [0.05, 0.1) is 25.7 Å². The van der Waals surface area contributed by atoms with E-state index in [2.05, 4.69) is 0 Å². The lowest BCUT2D eigenvalue weighted by Gasteiger charge is -2.17. The molecule has 0 bridgehead atoms. The highest BCUT2D eigenvalue weighted by Gasteiger charge is 2.44. The van der Waals surface area contributed by atoms with E-state index in [1.165, 1.54) is 20.3 Å². The molecule has 0 saturated heterocycles. The number of hydrogen-bond acceptors (Lipinski definition) is 7. The summed E-state index contributed by atoms with van der Waals surface area (Å²) in [6, 6.07) is 6.18. The van der Waals surface area contributed by atoms with Gasteiger partial charge in [-0.05, 0) is 24.6 Å². The van der Waals surface area contributed by atoms with E-state index in [4.69, 9.17) is 18.6 Å². The second kappa shape index (κ2) is 5.92. The monoisotopic (exact) mass is 332 g/mol. The Hall–Kier alpha value is -2.96. The minimum atomic E-state index is -1.04. The van der Waals surface area contributed by atoms with Gasteiger partial charge in [0.15, 0.2) is 11.5 Å². The lowest BCUT2D eigenvalue weighted by atomic mass is 9.88. The summed E-state index contributed by atoms with van der Waals surface area (Å²) in [7, 11) is 2.67. The van der Waals surface area contributed by atoms with Crippen LogP contribution in [0, 0.1) is 6.92 Å². The van der Waals surface area contributed by atoms with Gasteiger partial charge in [-0.1, -0.05) is 6.07 Å². The molecule has 0 fully saturated rings. The van der Waals surface area contributed by atoms with Crippen molar-refractivity contribution in [1.82, 2.24) is 0 Å². The fourth-order valence-electron chi connectivity index (χ4n) is 2.87. The standard InChI is InChI=1S/C17H16O7/c1-8-6-12-14(16(19)23-8)13(15(24-12)17(20)22-3)9-4-5-11(21-2)10(18)7-9/h4-7,13,15,18H,1-3H3/t13-,15+/m1/s1. The summed E-state index contributed by atoms with van der Waals surface area (Å²) in [6.45, 7) is 1.62. The van der Waals surface area contributed by atoms with Gasteiger partial charge in [0.25, 0.3) is 0 Å². The molecule has 1 aliphatic heterocycles. The molecule has 1 aromatic heterocycles. The smallest absolute Gasteiger partial charge is 0.348 e. The molecule has 7 nitrogen and oxygen atoms in total. The number of carbonyl (C=O) groups excluding carboxylic acids is 1. The summed E-state index contributed by atoms with van der Waals surface area (Å²) in [5, 5.41) is 10.0. The molecule has 0 unspecified atom stereocenters. The number of rotatable bonds is 3. The Kier molecular flexibility index (Phi) is 3.92. The zero-order chi connectivity index (χ0) is 17.4. The molecule has 3 rings (SSSR count). The maximum Gasteiger partial charge on any atom is 0.348 e. The summed E-state index contributed by atoms with van der Waals surface area (Å²) in [5.74, 6) is -0.545. The Morgan fingerprint density at radius 1 is 1.25 bits per heavy atom. The Balaban J connectivity index is 2.17. The zero-order valence-corrected chi connectivity index (χ0v) is 13.4. The SMILES string of the molecule is COC(=O)[C@H]1Oc2cc(C)oc(=O)c2[C@H]1c1ccc(OC)c(O)c1. The molecule has 1 N–H and O–H groups in total. The van der Waals surface area contributed by atoms with E-state index in [0.717, 1.165) is 0 Å². The Bertz CT molecular complexity index is 853. The number of phenols is 1. The highest BCUT2D eigenvalue weighted by molar-refractivity contribution is 5.79. The van der Waals surface area contributed by atoms with Gasteiger partial charge in [-0.15, -0.1) is 0 Å². The van der Waals surface area contributed by atoms with Crippen LogP contribution in [0.3, 0.4) is 0 Å². The Morgan fingerprint density at radius 2 is 2.00 bits per heavy atom. The number of aryl methyl sites for hydroxylation is 1. The number of carbonyl (C=O) groups is 1. The average Bonchev–Trinajstić information content (AvgIpc) is 2.93. The summed E-state index contributed by atoms with van der Waals surface area (Å²) in [5.41, 5.74) is 0.149. The van der Waals surface area contributed by atoms with E-state index >= 15 is 0 Å². The number of methoxy groups -OCH3 is 2. The molecule has 126 valence electrons. The van der Waals surface area contributed by atoms with Crippen molar-refractivity contribution >= 4 is 5.97 Å². The fourth-order valence-corrected chi connectivity index (χ4v) is 2.87. The van der Waals surface area contributed by atoms with Crippen molar-refractivity contribution in [1.29, 1.82) is 0 Å².